The predicted molar refractivity (Wildman–Crippen MR) is 93.2 cm³/mol. The summed E-state index contributed by atoms with van der Waals surface area (Å²) in [5, 5.41) is 0.553. The Balaban J connectivity index is 1.86. The Morgan fingerprint density at radius 1 is 1.00 bits per heavy atom. The number of hydrogen-bond acceptors (Lipinski definition) is 3. The molecular formula is C18H23ClN2O3. The minimum Gasteiger partial charge on any atom is -0.339 e. The summed E-state index contributed by atoms with van der Waals surface area (Å²) in [6.07, 6.45) is 1.43. The summed E-state index contributed by atoms with van der Waals surface area (Å²) in [5.74, 6) is 0.112. The first-order valence-corrected chi connectivity index (χ1v) is 8.58. The molecule has 130 valence electrons. The molecule has 1 saturated heterocycles. The van der Waals surface area contributed by atoms with Crippen LogP contribution >= 0.6 is 11.6 Å². The Kier molecular flexibility index (Phi) is 6.37. The van der Waals surface area contributed by atoms with Gasteiger partial charge in [0.1, 0.15) is 5.78 Å². The van der Waals surface area contributed by atoms with Crippen LogP contribution in [-0.2, 0) is 9.59 Å². The van der Waals surface area contributed by atoms with E-state index in [0.29, 0.717) is 56.0 Å². The number of aryl methyl sites for hydroxylation is 1. The number of carbonyl (C=O) groups is 3. The number of benzene rings is 1. The van der Waals surface area contributed by atoms with Crippen molar-refractivity contribution in [2.75, 3.05) is 26.2 Å². The monoisotopic (exact) mass is 350 g/mol. The van der Waals surface area contributed by atoms with Gasteiger partial charge in [-0.05, 0) is 44.0 Å². The Bertz CT molecular complexity index is 617. The van der Waals surface area contributed by atoms with E-state index < -0.39 is 0 Å². The lowest BCUT2D eigenvalue weighted by atomic mass is 10.1. The largest absolute Gasteiger partial charge is 0.339 e. The third-order valence-electron chi connectivity index (χ3n) is 4.13. The molecule has 2 rings (SSSR count). The molecule has 0 unspecified atom stereocenters. The molecule has 0 bridgehead atoms. The third-order valence-corrected chi connectivity index (χ3v) is 4.35. The summed E-state index contributed by atoms with van der Waals surface area (Å²) in [6.45, 7) is 5.53. The smallest absolute Gasteiger partial charge is 0.254 e. The maximum atomic E-state index is 12.6. The second-order valence-corrected chi connectivity index (χ2v) is 6.68. The van der Waals surface area contributed by atoms with Crippen LogP contribution in [0.1, 0.15) is 42.1 Å². The number of hydrogen-bond donors (Lipinski definition) is 0. The summed E-state index contributed by atoms with van der Waals surface area (Å²) in [6, 6.07) is 5.32. The van der Waals surface area contributed by atoms with E-state index in [1.807, 2.05) is 19.1 Å². The number of Topliss-reactive ketones (excluding diaryl/α,β-unsaturated/α-hetero) is 1. The molecule has 1 aromatic carbocycles. The lowest BCUT2D eigenvalue weighted by Crippen LogP contribution is -2.50. The summed E-state index contributed by atoms with van der Waals surface area (Å²) >= 11 is 6.02. The minimum atomic E-state index is -0.0516. The fourth-order valence-corrected chi connectivity index (χ4v) is 3.14. The molecule has 0 aliphatic carbocycles. The second kappa shape index (κ2) is 8.29. The fourth-order valence-electron chi connectivity index (χ4n) is 2.85. The van der Waals surface area contributed by atoms with Crippen LogP contribution in [0.3, 0.4) is 0 Å². The minimum absolute atomic E-state index is 0.0516. The van der Waals surface area contributed by atoms with Crippen LogP contribution < -0.4 is 0 Å². The molecule has 0 radical (unpaired) electrons. The molecule has 5 nitrogen and oxygen atoms in total. The average molecular weight is 351 g/mol. The summed E-state index contributed by atoms with van der Waals surface area (Å²) < 4.78 is 0. The van der Waals surface area contributed by atoms with E-state index >= 15 is 0 Å². The number of ketones is 1. The molecule has 6 heteroatoms. The van der Waals surface area contributed by atoms with Gasteiger partial charge in [0.25, 0.3) is 5.91 Å². The number of nitrogens with zero attached hydrogens (tertiary/aromatic N) is 2. The summed E-state index contributed by atoms with van der Waals surface area (Å²) in [7, 11) is 0. The second-order valence-electron chi connectivity index (χ2n) is 6.25. The summed E-state index contributed by atoms with van der Waals surface area (Å²) in [4.78, 5) is 39.1. The van der Waals surface area contributed by atoms with Crippen molar-refractivity contribution >= 4 is 29.2 Å². The maximum Gasteiger partial charge on any atom is 0.254 e. The van der Waals surface area contributed by atoms with E-state index in [0.717, 1.165) is 5.56 Å². The number of rotatable bonds is 5. The highest BCUT2D eigenvalue weighted by atomic mass is 35.5. The zero-order valence-corrected chi connectivity index (χ0v) is 14.9. The SMILES string of the molecule is CC(=O)CCCC(=O)N1CCN(C(=O)c2cc(C)cc(Cl)c2)CC1. The van der Waals surface area contributed by atoms with E-state index in [2.05, 4.69) is 0 Å². The molecule has 0 atom stereocenters. The van der Waals surface area contributed by atoms with E-state index in [4.69, 9.17) is 11.6 Å². The molecule has 1 heterocycles. The van der Waals surface area contributed by atoms with E-state index in [9.17, 15) is 14.4 Å². The van der Waals surface area contributed by atoms with Gasteiger partial charge in [-0.15, -0.1) is 0 Å². The molecule has 0 N–H and O–H groups in total. The lowest BCUT2D eigenvalue weighted by Gasteiger charge is -2.35. The van der Waals surface area contributed by atoms with Crippen LogP contribution in [0, 0.1) is 6.92 Å². The van der Waals surface area contributed by atoms with Gasteiger partial charge in [0.15, 0.2) is 0 Å². The average Bonchev–Trinajstić information content (AvgIpc) is 2.53. The van der Waals surface area contributed by atoms with Gasteiger partial charge >= 0.3 is 0 Å². The molecule has 1 fully saturated rings. The molecule has 0 spiro atoms. The molecule has 0 aromatic heterocycles. The molecule has 1 aliphatic heterocycles. The first-order valence-electron chi connectivity index (χ1n) is 8.20. The number of amides is 2. The number of piperazine rings is 1. The zero-order chi connectivity index (χ0) is 17.7. The maximum absolute atomic E-state index is 12.6. The predicted octanol–water partition coefficient (Wildman–Crippen LogP) is 2.69. The van der Waals surface area contributed by atoms with Gasteiger partial charge in [0.05, 0.1) is 0 Å². The zero-order valence-electron chi connectivity index (χ0n) is 14.2. The molecule has 0 saturated carbocycles. The van der Waals surface area contributed by atoms with Gasteiger partial charge < -0.3 is 14.6 Å². The van der Waals surface area contributed by atoms with Gasteiger partial charge in [0, 0.05) is 49.6 Å². The van der Waals surface area contributed by atoms with Crippen molar-refractivity contribution < 1.29 is 14.4 Å². The lowest BCUT2D eigenvalue weighted by molar-refractivity contribution is -0.132. The Labute approximate surface area is 147 Å². The Morgan fingerprint density at radius 3 is 2.21 bits per heavy atom. The molecule has 1 aromatic rings. The Hall–Kier alpha value is -1.88. The van der Waals surface area contributed by atoms with Crippen LogP contribution in [-0.4, -0.2) is 53.6 Å². The topological polar surface area (TPSA) is 57.7 Å². The highest BCUT2D eigenvalue weighted by Crippen LogP contribution is 2.17. The van der Waals surface area contributed by atoms with Crippen molar-refractivity contribution in [1.82, 2.24) is 9.80 Å². The normalized spacial score (nSPS) is 14.6. The van der Waals surface area contributed by atoms with Crippen molar-refractivity contribution in [3.63, 3.8) is 0 Å². The van der Waals surface area contributed by atoms with Crippen LogP contribution in [0.2, 0.25) is 5.02 Å². The van der Waals surface area contributed by atoms with Crippen molar-refractivity contribution in [3.8, 4) is 0 Å². The van der Waals surface area contributed by atoms with Gasteiger partial charge in [0.2, 0.25) is 5.91 Å². The van der Waals surface area contributed by atoms with E-state index in [1.54, 1.807) is 15.9 Å². The molecular weight excluding hydrogens is 328 g/mol. The highest BCUT2D eigenvalue weighted by molar-refractivity contribution is 6.31. The Morgan fingerprint density at radius 2 is 1.62 bits per heavy atom. The van der Waals surface area contributed by atoms with Crippen molar-refractivity contribution in [2.24, 2.45) is 0 Å². The van der Waals surface area contributed by atoms with Crippen LogP contribution in [0.15, 0.2) is 18.2 Å². The first kappa shape index (κ1) is 18.5. The van der Waals surface area contributed by atoms with E-state index in [-0.39, 0.29) is 17.6 Å². The summed E-state index contributed by atoms with van der Waals surface area (Å²) in [5.41, 5.74) is 1.53. The molecule has 24 heavy (non-hydrogen) atoms. The number of halogens is 1. The van der Waals surface area contributed by atoms with Gasteiger partial charge in [-0.2, -0.15) is 0 Å². The quantitative estimate of drug-likeness (QED) is 0.820. The fraction of sp³-hybridized carbons (Fsp3) is 0.500. The van der Waals surface area contributed by atoms with Crippen LogP contribution in [0.25, 0.3) is 0 Å². The van der Waals surface area contributed by atoms with Gasteiger partial charge in [-0.1, -0.05) is 11.6 Å². The standard InChI is InChI=1S/C18H23ClN2O3/c1-13-10-15(12-16(19)11-13)18(24)21-8-6-20(7-9-21)17(23)5-3-4-14(2)22/h10-12H,3-9H2,1-2H3. The van der Waals surface area contributed by atoms with Gasteiger partial charge in [-0.3, -0.25) is 9.59 Å². The first-order chi connectivity index (χ1) is 11.4. The van der Waals surface area contributed by atoms with E-state index in [1.165, 1.54) is 6.92 Å². The van der Waals surface area contributed by atoms with Crippen molar-refractivity contribution in [2.45, 2.75) is 33.1 Å². The number of carbonyl (C=O) groups excluding carboxylic acids is 3. The van der Waals surface area contributed by atoms with Crippen molar-refractivity contribution in [1.29, 1.82) is 0 Å². The van der Waals surface area contributed by atoms with Crippen LogP contribution in [0.5, 0.6) is 0 Å². The van der Waals surface area contributed by atoms with Crippen LogP contribution in [0.4, 0.5) is 0 Å². The van der Waals surface area contributed by atoms with Gasteiger partial charge in [-0.25, -0.2) is 0 Å². The third kappa shape index (κ3) is 5.06. The molecule has 1 aliphatic rings. The van der Waals surface area contributed by atoms with Crippen molar-refractivity contribution in [3.05, 3.63) is 34.3 Å². The molecule has 2 amide bonds. The highest BCUT2D eigenvalue weighted by Gasteiger charge is 2.24.